The number of benzene rings is 2. The van der Waals surface area contributed by atoms with Crippen LogP contribution in [0.5, 0.6) is 0 Å². The summed E-state index contributed by atoms with van der Waals surface area (Å²) in [6.45, 7) is 4.67. The van der Waals surface area contributed by atoms with E-state index in [1.807, 2.05) is 14.1 Å². The monoisotopic (exact) mass is 322 g/mol. The molecule has 0 unspecified atom stereocenters. The minimum absolute atomic E-state index is 0.146. The fourth-order valence-corrected chi connectivity index (χ4v) is 3.38. The van der Waals surface area contributed by atoms with Crippen LogP contribution in [0.4, 0.5) is 0 Å². The van der Waals surface area contributed by atoms with E-state index < -0.39 is 0 Å². The van der Waals surface area contributed by atoms with Gasteiger partial charge in [-0.2, -0.15) is 5.01 Å². The van der Waals surface area contributed by atoms with Crippen LogP contribution in [0, 0.1) is 19.1 Å². The molecule has 2 aromatic carbocycles. The van der Waals surface area contributed by atoms with Gasteiger partial charge in [0.2, 0.25) is 0 Å². The zero-order chi connectivity index (χ0) is 17.3. The third kappa shape index (κ3) is 3.16. The normalized spacial score (nSPS) is 26.8. The van der Waals surface area contributed by atoms with Crippen molar-refractivity contribution in [3.05, 3.63) is 88.1 Å². The van der Waals surface area contributed by atoms with Crippen molar-refractivity contribution in [2.45, 2.75) is 25.8 Å². The van der Waals surface area contributed by atoms with E-state index in [0.29, 0.717) is 6.54 Å². The summed E-state index contributed by atoms with van der Waals surface area (Å²) < 4.78 is -0.363. The van der Waals surface area contributed by atoms with Crippen molar-refractivity contribution in [2.24, 2.45) is 0 Å². The Morgan fingerprint density at radius 3 is 1.83 bits per heavy atom. The molecule has 0 amide bonds. The van der Waals surface area contributed by atoms with Gasteiger partial charge in [0.1, 0.15) is 6.54 Å². The van der Waals surface area contributed by atoms with Gasteiger partial charge in [0.05, 0.1) is 5.92 Å². The van der Waals surface area contributed by atoms with E-state index in [1.165, 1.54) is 16.7 Å². The lowest BCUT2D eigenvalue weighted by atomic mass is 9.91. The summed E-state index contributed by atoms with van der Waals surface area (Å²) in [5, 5.41) is 15.5. The fourth-order valence-electron chi connectivity index (χ4n) is 3.38. The fraction of sp³-hybridized carbons (Fsp3) is 0.333. The number of hydrogen-bond donors (Lipinski definition) is 0. The molecule has 0 spiro atoms. The molecule has 0 saturated heterocycles. The maximum atomic E-state index is 13.7. The summed E-state index contributed by atoms with van der Waals surface area (Å²) >= 11 is 0. The lowest BCUT2D eigenvalue weighted by Gasteiger charge is -2.53. The lowest BCUT2D eigenvalue weighted by Crippen LogP contribution is -2.57. The molecule has 24 heavy (non-hydrogen) atoms. The van der Waals surface area contributed by atoms with Crippen LogP contribution in [0.2, 0.25) is 0 Å². The number of aryl methyl sites for hydroxylation is 2. The standard InChI is InChI=1S/C21H26N2O/c1-16-5-9-18(10-6-16)20-13-14-21(23(24,15-20)22(3)4)19-11-7-17(2)8-12-19/h5-14,20-21H,15H2,1-4H3/t20-,21-,23-/m0/s1. The molecule has 0 bridgehead atoms. The molecule has 1 aliphatic heterocycles. The van der Waals surface area contributed by atoms with Gasteiger partial charge in [0.25, 0.3) is 0 Å². The summed E-state index contributed by atoms with van der Waals surface area (Å²) in [4.78, 5) is 0. The molecule has 3 rings (SSSR count). The number of hydroxylamine groups is 2. The first-order valence-corrected chi connectivity index (χ1v) is 8.48. The maximum absolute atomic E-state index is 13.7. The summed E-state index contributed by atoms with van der Waals surface area (Å²) in [6, 6.07) is 16.6. The molecule has 0 fully saturated rings. The van der Waals surface area contributed by atoms with E-state index in [4.69, 9.17) is 0 Å². The van der Waals surface area contributed by atoms with Gasteiger partial charge in [0.15, 0.2) is 6.04 Å². The SMILES string of the molecule is Cc1ccc([C@H]2C=C[C@@H](c3ccc(C)cc3)[N@+]([O-])(N(C)C)C2)cc1. The van der Waals surface area contributed by atoms with Crippen molar-refractivity contribution in [3.8, 4) is 0 Å². The largest absolute Gasteiger partial charge is 0.611 e. The Morgan fingerprint density at radius 1 is 0.833 bits per heavy atom. The third-order valence-corrected chi connectivity index (χ3v) is 5.02. The zero-order valence-electron chi connectivity index (χ0n) is 14.9. The van der Waals surface area contributed by atoms with Gasteiger partial charge in [-0.3, -0.25) is 4.76 Å². The van der Waals surface area contributed by atoms with Crippen LogP contribution in [-0.2, 0) is 0 Å². The van der Waals surface area contributed by atoms with Crippen molar-refractivity contribution in [1.29, 1.82) is 0 Å². The second-order valence-electron chi connectivity index (χ2n) is 7.04. The summed E-state index contributed by atoms with van der Waals surface area (Å²) in [7, 11) is 3.75. The molecule has 3 heteroatoms. The van der Waals surface area contributed by atoms with Crippen LogP contribution in [-0.4, -0.2) is 30.4 Å². The van der Waals surface area contributed by atoms with E-state index in [0.717, 1.165) is 5.56 Å². The molecule has 126 valence electrons. The highest BCUT2D eigenvalue weighted by Crippen LogP contribution is 2.38. The maximum Gasteiger partial charge on any atom is 0.151 e. The summed E-state index contributed by atoms with van der Waals surface area (Å²) in [5.74, 6) is 0.146. The van der Waals surface area contributed by atoms with Gasteiger partial charge < -0.3 is 5.21 Å². The van der Waals surface area contributed by atoms with Gasteiger partial charge in [-0.15, -0.1) is 0 Å². The molecule has 0 saturated carbocycles. The second kappa shape index (κ2) is 6.52. The van der Waals surface area contributed by atoms with Crippen molar-refractivity contribution in [1.82, 2.24) is 5.01 Å². The van der Waals surface area contributed by atoms with E-state index in [2.05, 4.69) is 74.5 Å². The molecular formula is C21H26N2O. The number of rotatable bonds is 3. The number of quaternary nitrogens is 1. The van der Waals surface area contributed by atoms with Crippen LogP contribution < -0.4 is 0 Å². The predicted molar refractivity (Wildman–Crippen MR) is 99.2 cm³/mol. The van der Waals surface area contributed by atoms with E-state index in [9.17, 15) is 5.21 Å². The van der Waals surface area contributed by atoms with Crippen LogP contribution in [0.25, 0.3) is 0 Å². The Bertz CT molecular complexity index is 719. The third-order valence-electron chi connectivity index (χ3n) is 5.02. The topological polar surface area (TPSA) is 26.3 Å². The van der Waals surface area contributed by atoms with Crippen molar-refractivity contribution < 1.29 is 4.76 Å². The van der Waals surface area contributed by atoms with E-state index in [1.54, 1.807) is 5.01 Å². The Hall–Kier alpha value is -1.94. The minimum atomic E-state index is -0.363. The molecule has 0 aliphatic carbocycles. The molecular weight excluding hydrogens is 296 g/mol. The van der Waals surface area contributed by atoms with Crippen molar-refractivity contribution >= 4 is 0 Å². The van der Waals surface area contributed by atoms with Gasteiger partial charge in [-0.05, 0) is 25.5 Å². The molecule has 1 aliphatic rings. The number of hydrogen-bond acceptors (Lipinski definition) is 2. The minimum Gasteiger partial charge on any atom is -0.611 e. The Labute approximate surface area is 145 Å². The van der Waals surface area contributed by atoms with Crippen LogP contribution in [0.15, 0.2) is 60.7 Å². The molecule has 0 aromatic heterocycles. The summed E-state index contributed by atoms with van der Waals surface area (Å²) in [6.07, 6.45) is 4.29. The molecule has 0 N–H and O–H groups in total. The smallest absolute Gasteiger partial charge is 0.151 e. The van der Waals surface area contributed by atoms with Crippen molar-refractivity contribution in [2.75, 3.05) is 20.6 Å². The van der Waals surface area contributed by atoms with Gasteiger partial charge >= 0.3 is 0 Å². The van der Waals surface area contributed by atoms with Crippen LogP contribution >= 0.6 is 0 Å². The second-order valence-corrected chi connectivity index (χ2v) is 7.04. The molecule has 3 nitrogen and oxygen atoms in total. The molecule has 3 atom stereocenters. The predicted octanol–water partition coefficient (Wildman–Crippen LogP) is 4.49. The van der Waals surface area contributed by atoms with Crippen LogP contribution in [0.3, 0.4) is 0 Å². The molecule has 1 heterocycles. The highest BCUT2D eigenvalue weighted by Gasteiger charge is 2.37. The van der Waals surface area contributed by atoms with E-state index >= 15 is 0 Å². The van der Waals surface area contributed by atoms with Crippen molar-refractivity contribution in [3.63, 3.8) is 0 Å². The quantitative estimate of drug-likeness (QED) is 0.473. The Morgan fingerprint density at radius 2 is 1.33 bits per heavy atom. The van der Waals surface area contributed by atoms with Gasteiger partial charge in [-0.25, -0.2) is 0 Å². The molecule has 2 aromatic rings. The first-order chi connectivity index (χ1) is 11.4. The number of nitrogens with zero attached hydrogens (tertiary/aromatic N) is 2. The first kappa shape index (κ1) is 16.9. The van der Waals surface area contributed by atoms with E-state index in [-0.39, 0.29) is 16.7 Å². The van der Waals surface area contributed by atoms with Crippen LogP contribution in [0.1, 0.15) is 34.2 Å². The van der Waals surface area contributed by atoms with Gasteiger partial charge in [0, 0.05) is 19.7 Å². The lowest BCUT2D eigenvalue weighted by molar-refractivity contribution is -1.01. The van der Waals surface area contributed by atoms with Gasteiger partial charge in [-0.1, -0.05) is 65.7 Å². The Kier molecular flexibility index (Phi) is 4.59. The average molecular weight is 322 g/mol. The first-order valence-electron chi connectivity index (χ1n) is 8.48. The average Bonchev–Trinajstić information content (AvgIpc) is 2.56. The summed E-state index contributed by atoms with van der Waals surface area (Å²) in [5.41, 5.74) is 4.73. The highest BCUT2D eigenvalue weighted by atomic mass is 16.6. The Balaban J connectivity index is 1.97. The molecule has 0 radical (unpaired) electrons. The zero-order valence-corrected chi connectivity index (χ0v) is 14.9. The highest BCUT2D eigenvalue weighted by molar-refractivity contribution is 5.31.